The molecule has 3 nitrogen and oxygen atoms in total. The SMILES string of the molecule is Cc1cc([SH](c2ccc(C(F)(F)F)cc2)c2ccc(C(F)(F)F)cc2)cc(C)c1OCC(=O)OC1(C)C2CC3CC(C2)CC1C3. The summed E-state index contributed by atoms with van der Waals surface area (Å²) < 4.78 is 91.8. The monoisotopic (exact) mass is 650 g/mol. The topological polar surface area (TPSA) is 35.5 Å². The van der Waals surface area contributed by atoms with Crippen molar-refractivity contribution in [2.75, 3.05) is 6.61 Å². The fourth-order valence-corrected chi connectivity index (χ4v) is 10.5. The van der Waals surface area contributed by atoms with Crippen molar-refractivity contribution >= 4 is 16.9 Å². The van der Waals surface area contributed by atoms with Gasteiger partial charge in [-0.3, -0.25) is 0 Å². The van der Waals surface area contributed by atoms with Gasteiger partial charge in [-0.25, -0.2) is 4.79 Å². The van der Waals surface area contributed by atoms with Gasteiger partial charge in [0, 0.05) is 0 Å². The molecule has 4 aliphatic rings. The van der Waals surface area contributed by atoms with Crippen molar-refractivity contribution in [1.82, 2.24) is 0 Å². The smallest absolute Gasteiger partial charge is 0.416 e. The maximum Gasteiger partial charge on any atom is 0.416 e. The van der Waals surface area contributed by atoms with Gasteiger partial charge in [-0.05, 0) is 163 Å². The van der Waals surface area contributed by atoms with Gasteiger partial charge in [-0.2, -0.15) is 37.2 Å². The number of thiol groups is 1. The highest BCUT2D eigenvalue weighted by atomic mass is 32.2. The van der Waals surface area contributed by atoms with E-state index in [-0.39, 0.29) is 6.61 Å². The molecule has 4 fully saturated rings. The molecule has 3 aromatic carbocycles. The molecule has 0 unspecified atom stereocenters. The van der Waals surface area contributed by atoms with E-state index in [0.717, 1.165) is 66.7 Å². The predicted octanol–water partition coefficient (Wildman–Crippen LogP) is 9.96. The molecular weight excluding hydrogens is 614 g/mol. The number of halogens is 6. The molecule has 242 valence electrons. The Kier molecular flexibility index (Phi) is 8.19. The van der Waals surface area contributed by atoms with E-state index in [1.807, 2.05) is 26.0 Å². The standard InChI is InChI=1S/C35H36F6O3S/c1-20-12-30(45(28-8-4-24(5-9-28)34(36,37)38)29-10-6-25(7-11-29)35(39,40)41)13-21(2)32(20)43-19-31(42)44-33(3)26-15-22-14-23(17-26)18-27(33)16-22/h4-13,22-23,26-27,45H,14-19H2,1-3H3. The zero-order valence-electron chi connectivity index (χ0n) is 25.3. The number of hydrogen-bond acceptors (Lipinski definition) is 3. The van der Waals surface area contributed by atoms with Crippen LogP contribution in [0.5, 0.6) is 5.75 Å². The molecule has 4 saturated carbocycles. The Morgan fingerprint density at radius 2 is 1.16 bits per heavy atom. The second-order valence-corrected chi connectivity index (χ2v) is 15.3. The number of carbonyl (C=O) groups is 1. The first-order valence-electron chi connectivity index (χ1n) is 15.2. The maximum atomic E-state index is 13.3. The van der Waals surface area contributed by atoms with E-state index in [4.69, 9.17) is 9.47 Å². The maximum absolute atomic E-state index is 13.3. The minimum atomic E-state index is -4.52. The second kappa shape index (κ2) is 11.6. The van der Waals surface area contributed by atoms with Crippen LogP contribution in [-0.2, 0) is 21.9 Å². The summed E-state index contributed by atoms with van der Waals surface area (Å²) in [6, 6.07) is 13.1. The molecule has 0 heterocycles. The summed E-state index contributed by atoms with van der Waals surface area (Å²) in [7, 11) is -1.52. The number of benzene rings is 3. The summed E-state index contributed by atoms with van der Waals surface area (Å²) in [4.78, 5) is 14.9. The molecule has 0 radical (unpaired) electrons. The van der Waals surface area contributed by atoms with Crippen LogP contribution in [0.4, 0.5) is 26.3 Å². The van der Waals surface area contributed by atoms with Gasteiger partial charge in [0.25, 0.3) is 0 Å². The largest absolute Gasteiger partial charge is 0.481 e. The van der Waals surface area contributed by atoms with E-state index in [2.05, 4.69) is 6.92 Å². The molecule has 3 aromatic rings. The summed E-state index contributed by atoms with van der Waals surface area (Å²) in [5.74, 6) is 2.35. The number of ether oxygens (including phenoxy) is 2. The highest BCUT2D eigenvalue weighted by Gasteiger charge is 2.57. The number of hydrogen-bond donors (Lipinski definition) is 1. The third-order valence-corrected chi connectivity index (χ3v) is 12.4. The van der Waals surface area contributed by atoms with Gasteiger partial charge >= 0.3 is 18.3 Å². The third-order valence-electron chi connectivity index (χ3n) is 10.0. The van der Waals surface area contributed by atoms with Crippen molar-refractivity contribution in [3.8, 4) is 5.75 Å². The Morgan fingerprint density at radius 1 is 0.733 bits per heavy atom. The van der Waals surface area contributed by atoms with Gasteiger partial charge in [0.15, 0.2) is 6.61 Å². The van der Waals surface area contributed by atoms with Gasteiger partial charge in [-0.15, -0.1) is 0 Å². The van der Waals surface area contributed by atoms with Crippen LogP contribution in [-0.4, -0.2) is 18.2 Å². The Morgan fingerprint density at radius 3 is 1.56 bits per heavy atom. The second-order valence-electron chi connectivity index (χ2n) is 13.1. The first-order valence-corrected chi connectivity index (χ1v) is 16.6. The number of rotatable bonds is 7. The molecule has 0 aliphatic heterocycles. The third kappa shape index (κ3) is 6.31. The molecule has 7 rings (SSSR count). The van der Waals surface area contributed by atoms with E-state index in [1.54, 1.807) is 0 Å². The van der Waals surface area contributed by atoms with E-state index in [1.165, 1.54) is 30.7 Å². The Labute approximate surface area is 261 Å². The average Bonchev–Trinajstić information content (AvgIpc) is 2.95. The fraction of sp³-hybridized carbons (Fsp3) is 0.457. The van der Waals surface area contributed by atoms with Gasteiger partial charge in [-0.1, -0.05) is 0 Å². The summed E-state index contributed by atoms with van der Waals surface area (Å²) in [6.07, 6.45) is -3.30. The van der Waals surface area contributed by atoms with Crippen LogP contribution in [0.25, 0.3) is 0 Å². The molecule has 0 saturated heterocycles. The molecule has 0 amide bonds. The predicted molar refractivity (Wildman–Crippen MR) is 160 cm³/mol. The Bertz CT molecular complexity index is 1450. The lowest BCUT2D eigenvalue weighted by Crippen LogP contribution is -2.58. The Hall–Kier alpha value is -3.14. The van der Waals surface area contributed by atoms with Crippen molar-refractivity contribution in [1.29, 1.82) is 0 Å². The highest BCUT2D eigenvalue weighted by Crippen LogP contribution is 2.59. The zero-order chi connectivity index (χ0) is 32.3. The normalized spacial score (nSPS) is 26.1. The number of alkyl halides is 6. The first-order chi connectivity index (χ1) is 21.1. The fourth-order valence-electron chi connectivity index (χ4n) is 8.02. The number of esters is 1. The lowest BCUT2D eigenvalue weighted by atomic mass is 9.50. The minimum Gasteiger partial charge on any atom is -0.481 e. The molecule has 0 atom stereocenters. The molecule has 4 aliphatic carbocycles. The van der Waals surface area contributed by atoms with Crippen molar-refractivity contribution in [2.45, 2.75) is 85.5 Å². The first kappa shape index (κ1) is 31.8. The zero-order valence-corrected chi connectivity index (χ0v) is 26.2. The van der Waals surface area contributed by atoms with Crippen LogP contribution in [0, 0.1) is 37.5 Å². The van der Waals surface area contributed by atoms with Gasteiger partial charge in [0.2, 0.25) is 0 Å². The van der Waals surface area contributed by atoms with Crippen LogP contribution in [0.3, 0.4) is 0 Å². The van der Waals surface area contributed by atoms with Crippen LogP contribution in [0.2, 0.25) is 0 Å². The summed E-state index contributed by atoms with van der Waals surface area (Å²) in [5, 5.41) is 0. The summed E-state index contributed by atoms with van der Waals surface area (Å²) in [6.45, 7) is 5.44. The van der Waals surface area contributed by atoms with E-state index in [9.17, 15) is 31.1 Å². The molecule has 0 aromatic heterocycles. The van der Waals surface area contributed by atoms with Gasteiger partial charge < -0.3 is 9.47 Å². The van der Waals surface area contributed by atoms with Crippen LogP contribution in [0.15, 0.2) is 75.4 Å². The lowest BCUT2D eigenvalue weighted by molar-refractivity contribution is -0.204. The van der Waals surface area contributed by atoms with E-state index in [0.29, 0.717) is 38.5 Å². The van der Waals surface area contributed by atoms with Crippen molar-refractivity contribution < 1.29 is 40.6 Å². The summed E-state index contributed by atoms with van der Waals surface area (Å²) in [5.41, 5.74) is -0.686. The number of carbonyl (C=O) groups excluding carboxylic acids is 1. The molecule has 45 heavy (non-hydrogen) atoms. The molecular formula is C35H36F6O3S. The van der Waals surface area contributed by atoms with E-state index >= 15 is 0 Å². The van der Waals surface area contributed by atoms with Crippen LogP contribution < -0.4 is 4.74 Å². The Balaban J connectivity index is 1.24. The van der Waals surface area contributed by atoms with Crippen LogP contribution >= 0.6 is 10.9 Å². The lowest BCUT2D eigenvalue weighted by Gasteiger charge is -2.59. The van der Waals surface area contributed by atoms with Gasteiger partial charge in [0.1, 0.15) is 11.4 Å². The average molecular weight is 651 g/mol. The quantitative estimate of drug-likeness (QED) is 0.157. The summed E-state index contributed by atoms with van der Waals surface area (Å²) >= 11 is 0. The molecule has 0 N–H and O–H groups in total. The van der Waals surface area contributed by atoms with Crippen molar-refractivity contribution in [2.24, 2.45) is 23.7 Å². The van der Waals surface area contributed by atoms with Crippen molar-refractivity contribution in [3.05, 3.63) is 82.9 Å². The molecule has 4 bridgehead atoms. The molecule has 0 spiro atoms. The van der Waals surface area contributed by atoms with E-state index < -0.39 is 45.9 Å². The minimum absolute atomic E-state index is 0.254. The van der Waals surface area contributed by atoms with Crippen LogP contribution in [0.1, 0.15) is 61.3 Å². The highest BCUT2D eigenvalue weighted by molar-refractivity contribution is 8.17. The molecule has 10 heteroatoms. The van der Waals surface area contributed by atoms with Crippen molar-refractivity contribution in [3.63, 3.8) is 0 Å². The number of aryl methyl sites for hydroxylation is 2. The van der Waals surface area contributed by atoms with Gasteiger partial charge in [0.05, 0.1) is 11.1 Å².